The van der Waals surface area contributed by atoms with Crippen LogP contribution in [0, 0.1) is 5.41 Å². The van der Waals surface area contributed by atoms with E-state index in [1.54, 1.807) is 0 Å². The zero-order valence-electron chi connectivity index (χ0n) is 13.8. The van der Waals surface area contributed by atoms with Gasteiger partial charge < -0.3 is 14.6 Å². The summed E-state index contributed by atoms with van der Waals surface area (Å²) in [5.74, 6) is 0.0852. The second-order valence-corrected chi connectivity index (χ2v) is 6.66. The molecule has 23 heavy (non-hydrogen) atoms. The van der Waals surface area contributed by atoms with Crippen molar-refractivity contribution in [1.82, 2.24) is 10.5 Å². The molecule has 122 valence electrons. The molecule has 1 aromatic heterocycles. The third-order valence-corrected chi connectivity index (χ3v) is 4.70. The van der Waals surface area contributed by atoms with E-state index in [4.69, 9.17) is 9.26 Å². The Morgan fingerprint density at radius 3 is 3.00 bits per heavy atom. The molecule has 2 aromatic rings. The normalized spacial score (nSPS) is 19.2. The van der Waals surface area contributed by atoms with Crippen molar-refractivity contribution in [3.05, 3.63) is 52.9 Å². The lowest BCUT2D eigenvalue weighted by Gasteiger charge is -2.40. The van der Waals surface area contributed by atoms with Gasteiger partial charge in [0.05, 0.1) is 19.9 Å². The van der Waals surface area contributed by atoms with Crippen molar-refractivity contribution in [3.63, 3.8) is 0 Å². The molecule has 0 saturated heterocycles. The molecule has 0 saturated carbocycles. The Bertz CT molecular complexity index is 706. The highest BCUT2D eigenvalue weighted by Gasteiger charge is 2.35. The molecule has 0 radical (unpaired) electrons. The van der Waals surface area contributed by atoms with Crippen molar-refractivity contribution in [3.8, 4) is 0 Å². The zero-order chi connectivity index (χ0) is 16.4. The molecule has 1 heterocycles. The molecule has 0 spiro atoms. The third-order valence-electron chi connectivity index (χ3n) is 4.70. The first-order chi connectivity index (χ1) is 11.0. The van der Waals surface area contributed by atoms with Gasteiger partial charge in [-0.25, -0.2) is 4.79 Å². The van der Waals surface area contributed by atoms with Crippen molar-refractivity contribution < 1.29 is 14.1 Å². The second-order valence-electron chi connectivity index (χ2n) is 6.66. The lowest BCUT2D eigenvalue weighted by Crippen LogP contribution is -2.38. The molecular formula is C18H22N2O3. The highest BCUT2D eigenvalue weighted by atomic mass is 16.5. The van der Waals surface area contributed by atoms with Gasteiger partial charge in [0.2, 0.25) is 0 Å². The number of nitrogens with zero attached hydrogens (tertiary/aromatic N) is 1. The Morgan fingerprint density at radius 2 is 2.22 bits per heavy atom. The summed E-state index contributed by atoms with van der Waals surface area (Å²) in [4.78, 5) is 11.7. The number of fused-ring (bicyclic) bond motifs is 1. The fourth-order valence-electron chi connectivity index (χ4n) is 3.31. The lowest BCUT2D eigenvalue weighted by atomic mass is 9.70. The Labute approximate surface area is 136 Å². The van der Waals surface area contributed by atoms with Crippen LogP contribution < -0.4 is 5.32 Å². The maximum Gasteiger partial charge on any atom is 0.343 e. The summed E-state index contributed by atoms with van der Waals surface area (Å²) in [6, 6.07) is 8.72. The fourth-order valence-corrected chi connectivity index (χ4v) is 3.31. The highest BCUT2D eigenvalue weighted by Crippen LogP contribution is 2.43. The van der Waals surface area contributed by atoms with Crippen molar-refractivity contribution in [2.75, 3.05) is 7.11 Å². The van der Waals surface area contributed by atoms with E-state index < -0.39 is 5.97 Å². The first kappa shape index (κ1) is 15.7. The fraction of sp³-hybridized carbons (Fsp3) is 0.444. The van der Waals surface area contributed by atoms with Gasteiger partial charge in [0.1, 0.15) is 5.56 Å². The summed E-state index contributed by atoms with van der Waals surface area (Å²) in [6.45, 7) is 4.97. The number of carbonyl (C=O) groups is 1. The molecule has 1 aliphatic carbocycles. The number of rotatable bonds is 4. The molecule has 1 atom stereocenters. The second kappa shape index (κ2) is 6.16. The third kappa shape index (κ3) is 3.01. The van der Waals surface area contributed by atoms with Crippen LogP contribution in [0.15, 0.2) is 35.0 Å². The monoisotopic (exact) mass is 314 g/mol. The Kier molecular flexibility index (Phi) is 4.22. The maximum absolute atomic E-state index is 11.7. The molecule has 1 N–H and O–H groups in total. The van der Waals surface area contributed by atoms with Crippen LogP contribution in [0.25, 0.3) is 0 Å². The summed E-state index contributed by atoms with van der Waals surface area (Å²) in [6.07, 6.45) is 3.61. The van der Waals surface area contributed by atoms with Gasteiger partial charge in [-0.05, 0) is 29.4 Å². The minimum absolute atomic E-state index is 0.125. The largest absolute Gasteiger partial charge is 0.465 e. The minimum atomic E-state index is -0.425. The van der Waals surface area contributed by atoms with Crippen LogP contribution in [0.3, 0.4) is 0 Å². The standard InChI is InChI=1S/C18H22N2O3/c1-18(2)9-8-12-6-4-5-7-13(12)16(18)19-11-15-14(10-20-23-15)17(21)22-3/h4-7,10,16,19H,8-9,11H2,1-3H3. The maximum atomic E-state index is 11.7. The van der Waals surface area contributed by atoms with Gasteiger partial charge in [-0.2, -0.15) is 0 Å². The number of aromatic nitrogens is 1. The summed E-state index contributed by atoms with van der Waals surface area (Å²) in [5.41, 5.74) is 3.21. The van der Waals surface area contributed by atoms with E-state index in [9.17, 15) is 4.79 Å². The van der Waals surface area contributed by atoms with E-state index in [-0.39, 0.29) is 11.5 Å². The Morgan fingerprint density at radius 1 is 1.43 bits per heavy atom. The number of methoxy groups -OCH3 is 1. The number of esters is 1. The first-order valence-electron chi connectivity index (χ1n) is 7.86. The lowest BCUT2D eigenvalue weighted by molar-refractivity contribution is 0.0597. The van der Waals surface area contributed by atoms with Crippen molar-refractivity contribution in [2.45, 2.75) is 39.3 Å². The van der Waals surface area contributed by atoms with E-state index in [1.807, 2.05) is 0 Å². The molecule has 0 aliphatic heterocycles. The average molecular weight is 314 g/mol. The predicted molar refractivity (Wildman–Crippen MR) is 86.0 cm³/mol. The molecule has 1 aliphatic rings. The molecular weight excluding hydrogens is 292 g/mol. The predicted octanol–water partition coefficient (Wildman–Crippen LogP) is 3.26. The van der Waals surface area contributed by atoms with Crippen LogP contribution >= 0.6 is 0 Å². The molecule has 0 fully saturated rings. The van der Waals surface area contributed by atoms with Crippen LogP contribution in [0.2, 0.25) is 0 Å². The minimum Gasteiger partial charge on any atom is -0.465 e. The average Bonchev–Trinajstić information content (AvgIpc) is 3.01. The zero-order valence-corrected chi connectivity index (χ0v) is 13.8. The van der Waals surface area contributed by atoms with Gasteiger partial charge in [-0.15, -0.1) is 0 Å². The molecule has 0 amide bonds. The van der Waals surface area contributed by atoms with Crippen molar-refractivity contribution in [1.29, 1.82) is 0 Å². The van der Waals surface area contributed by atoms with Gasteiger partial charge in [-0.3, -0.25) is 0 Å². The summed E-state index contributed by atoms with van der Waals surface area (Å²) < 4.78 is 9.98. The van der Waals surface area contributed by atoms with Gasteiger partial charge >= 0.3 is 5.97 Å². The number of ether oxygens (including phenoxy) is 1. The van der Waals surface area contributed by atoms with Gasteiger partial charge in [-0.1, -0.05) is 43.3 Å². The van der Waals surface area contributed by atoms with E-state index >= 15 is 0 Å². The van der Waals surface area contributed by atoms with E-state index in [0.29, 0.717) is 17.9 Å². The van der Waals surface area contributed by atoms with Gasteiger partial charge in [0.15, 0.2) is 5.76 Å². The summed E-state index contributed by atoms with van der Waals surface area (Å²) >= 11 is 0. The molecule has 1 unspecified atom stereocenters. The van der Waals surface area contributed by atoms with Gasteiger partial charge in [0.25, 0.3) is 0 Å². The van der Waals surface area contributed by atoms with E-state index in [1.165, 1.54) is 24.4 Å². The molecule has 5 heteroatoms. The number of hydrogen-bond donors (Lipinski definition) is 1. The molecule has 0 bridgehead atoms. The molecule has 1 aromatic carbocycles. The number of aryl methyl sites for hydroxylation is 1. The molecule has 3 rings (SSSR count). The number of nitrogens with one attached hydrogen (secondary N) is 1. The molecule has 5 nitrogen and oxygen atoms in total. The quantitative estimate of drug-likeness (QED) is 0.878. The number of carbonyl (C=O) groups excluding carboxylic acids is 1. The summed E-state index contributed by atoms with van der Waals surface area (Å²) in [7, 11) is 1.35. The van der Waals surface area contributed by atoms with Crippen LogP contribution in [0.5, 0.6) is 0 Å². The van der Waals surface area contributed by atoms with Crippen molar-refractivity contribution >= 4 is 5.97 Å². The number of benzene rings is 1. The van der Waals surface area contributed by atoms with Crippen LogP contribution in [0.4, 0.5) is 0 Å². The highest BCUT2D eigenvalue weighted by molar-refractivity contribution is 5.89. The van der Waals surface area contributed by atoms with Crippen molar-refractivity contribution in [2.24, 2.45) is 5.41 Å². The van der Waals surface area contributed by atoms with E-state index in [2.05, 4.69) is 48.6 Å². The van der Waals surface area contributed by atoms with Crippen LogP contribution in [0.1, 0.15) is 53.6 Å². The van der Waals surface area contributed by atoms with Crippen LogP contribution in [-0.2, 0) is 17.7 Å². The van der Waals surface area contributed by atoms with Crippen LogP contribution in [-0.4, -0.2) is 18.2 Å². The first-order valence-corrected chi connectivity index (χ1v) is 7.86. The Balaban J connectivity index is 1.82. The topological polar surface area (TPSA) is 64.4 Å². The summed E-state index contributed by atoms with van der Waals surface area (Å²) in [5, 5.41) is 7.27. The van der Waals surface area contributed by atoms with E-state index in [0.717, 1.165) is 12.8 Å². The smallest absolute Gasteiger partial charge is 0.343 e. The Hall–Kier alpha value is -2.14. The number of hydrogen-bond acceptors (Lipinski definition) is 5. The SMILES string of the molecule is COC(=O)c1cnoc1CNC1c2ccccc2CCC1(C)C. The van der Waals surface area contributed by atoms with Gasteiger partial charge in [0, 0.05) is 6.04 Å².